The largest absolute Gasteiger partial charge is 0.411 e. The zero-order valence-corrected chi connectivity index (χ0v) is 8.01. The first kappa shape index (κ1) is 12.3. The lowest BCUT2D eigenvalue weighted by Crippen LogP contribution is -2.51. The first-order valence-electron chi connectivity index (χ1n) is 4.56. The molecule has 1 aliphatic carbocycles. The quantitative estimate of drug-likeness (QED) is 0.718. The molecule has 4 nitrogen and oxygen atoms in total. The van der Waals surface area contributed by atoms with Crippen molar-refractivity contribution in [1.29, 1.82) is 0 Å². The molecule has 7 heteroatoms. The van der Waals surface area contributed by atoms with E-state index in [-0.39, 0.29) is 12.1 Å². The van der Waals surface area contributed by atoms with Crippen LogP contribution in [0.4, 0.5) is 13.2 Å². The van der Waals surface area contributed by atoms with Gasteiger partial charge in [-0.3, -0.25) is 4.79 Å². The summed E-state index contributed by atoms with van der Waals surface area (Å²) in [5.41, 5.74) is 5.47. The van der Waals surface area contributed by atoms with Crippen LogP contribution in [0.25, 0.3) is 0 Å². The number of ether oxygens (including phenoxy) is 1. The van der Waals surface area contributed by atoms with Gasteiger partial charge in [0.2, 0.25) is 5.91 Å². The van der Waals surface area contributed by atoms with E-state index in [2.05, 4.69) is 10.1 Å². The van der Waals surface area contributed by atoms with Crippen molar-refractivity contribution in [3.8, 4) is 0 Å². The number of carbonyl (C=O) groups excluding carboxylic acids is 1. The third-order valence-corrected chi connectivity index (χ3v) is 2.04. The van der Waals surface area contributed by atoms with Crippen LogP contribution in [0.5, 0.6) is 0 Å². The maximum atomic E-state index is 11.6. The summed E-state index contributed by atoms with van der Waals surface area (Å²) in [6.45, 7) is -1.96. The number of hydrogen-bond acceptors (Lipinski definition) is 3. The molecule has 0 aliphatic heterocycles. The molecule has 15 heavy (non-hydrogen) atoms. The third-order valence-electron chi connectivity index (χ3n) is 2.04. The van der Waals surface area contributed by atoms with E-state index in [1.165, 1.54) is 0 Å². The predicted octanol–water partition coefficient (Wildman–Crippen LogP) is 0.171. The molecule has 0 heterocycles. The molecule has 0 unspecified atom stereocenters. The molecule has 0 aromatic heterocycles. The lowest BCUT2D eigenvalue weighted by Gasteiger charge is -2.32. The first-order chi connectivity index (χ1) is 6.87. The molecule has 0 atom stereocenters. The molecule has 1 fully saturated rings. The molecular weight excluding hydrogens is 213 g/mol. The summed E-state index contributed by atoms with van der Waals surface area (Å²) in [5, 5.41) is 2.52. The Hall–Kier alpha value is -0.820. The number of nitrogens with two attached hydrogens (primary N) is 1. The first-order valence-corrected chi connectivity index (χ1v) is 4.56. The summed E-state index contributed by atoms with van der Waals surface area (Å²) in [6.07, 6.45) is -3.05. The van der Waals surface area contributed by atoms with Crippen molar-refractivity contribution in [2.75, 3.05) is 13.2 Å². The normalized spacial score (nSPS) is 25.9. The van der Waals surface area contributed by atoms with Gasteiger partial charge in [-0.05, 0) is 12.8 Å². The van der Waals surface area contributed by atoms with Crippen LogP contribution in [0, 0.1) is 0 Å². The Kier molecular flexibility index (Phi) is 3.92. The Morgan fingerprint density at radius 2 is 2.07 bits per heavy atom. The average molecular weight is 226 g/mol. The van der Waals surface area contributed by atoms with E-state index >= 15 is 0 Å². The molecule has 1 saturated carbocycles. The van der Waals surface area contributed by atoms with Crippen LogP contribution < -0.4 is 11.1 Å². The van der Waals surface area contributed by atoms with Crippen molar-refractivity contribution in [3.05, 3.63) is 0 Å². The second-order valence-electron chi connectivity index (χ2n) is 3.60. The molecule has 0 spiro atoms. The van der Waals surface area contributed by atoms with Crippen LogP contribution in [-0.4, -0.2) is 37.4 Å². The standard InChI is InChI=1S/C8H13F3N2O2/c9-8(10,11)4-15-3-7(14)13-6-1-5(12)2-6/h5-6H,1-4,12H2,(H,13,14). The molecule has 0 saturated heterocycles. The van der Waals surface area contributed by atoms with Gasteiger partial charge in [-0.1, -0.05) is 0 Å². The number of rotatable bonds is 4. The molecule has 88 valence electrons. The highest BCUT2D eigenvalue weighted by Crippen LogP contribution is 2.17. The predicted molar refractivity (Wildman–Crippen MR) is 46.0 cm³/mol. The van der Waals surface area contributed by atoms with E-state index in [9.17, 15) is 18.0 Å². The van der Waals surface area contributed by atoms with Crippen LogP contribution in [0.15, 0.2) is 0 Å². The molecule has 0 bridgehead atoms. The van der Waals surface area contributed by atoms with Crippen molar-refractivity contribution >= 4 is 5.91 Å². The van der Waals surface area contributed by atoms with Crippen molar-refractivity contribution < 1.29 is 22.7 Å². The molecule has 0 aromatic rings. The number of nitrogens with one attached hydrogen (secondary N) is 1. The Bertz CT molecular complexity index is 226. The second kappa shape index (κ2) is 4.80. The third kappa shape index (κ3) is 4.98. The number of halogens is 3. The van der Waals surface area contributed by atoms with Crippen LogP contribution in [0.1, 0.15) is 12.8 Å². The topological polar surface area (TPSA) is 64.3 Å². The highest BCUT2D eigenvalue weighted by molar-refractivity contribution is 5.77. The van der Waals surface area contributed by atoms with Crippen molar-refractivity contribution in [3.63, 3.8) is 0 Å². The Morgan fingerprint density at radius 3 is 2.53 bits per heavy atom. The SMILES string of the molecule is NC1CC(NC(=O)COCC(F)(F)F)C1. The average Bonchev–Trinajstić information content (AvgIpc) is 1.98. The highest BCUT2D eigenvalue weighted by atomic mass is 19.4. The zero-order chi connectivity index (χ0) is 11.5. The molecule has 1 rings (SSSR count). The summed E-state index contributed by atoms with van der Waals surface area (Å²) < 4.78 is 39.1. The summed E-state index contributed by atoms with van der Waals surface area (Å²) in [7, 11) is 0. The monoisotopic (exact) mass is 226 g/mol. The summed E-state index contributed by atoms with van der Waals surface area (Å²) in [5.74, 6) is -0.531. The summed E-state index contributed by atoms with van der Waals surface area (Å²) in [4.78, 5) is 11.0. The lowest BCUT2D eigenvalue weighted by atomic mass is 9.88. The van der Waals surface area contributed by atoms with Gasteiger partial charge in [-0.2, -0.15) is 13.2 Å². The Balaban J connectivity index is 2.04. The minimum atomic E-state index is -4.39. The number of carbonyl (C=O) groups is 1. The zero-order valence-electron chi connectivity index (χ0n) is 8.01. The van der Waals surface area contributed by atoms with Crippen LogP contribution in [0.2, 0.25) is 0 Å². The summed E-state index contributed by atoms with van der Waals surface area (Å²) in [6, 6.07) is 0.0772. The molecular formula is C8H13F3N2O2. The van der Waals surface area contributed by atoms with E-state index < -0.39 is 25.3 Å². The van der Waals surface area contributed by atoms with E-state index in [1.807, 2.05) is 0 Å². The van der Waals surface area contributed by atoms with Gasteiger partial charge in [-0.15, -0.1) is 0 Å². The van der Waals surface area contributed by atoms with Gasteiger partial charge < -0.3 is 15.8 Å². The smallest absolute Gasteiger partial charge is 0.362 e. The molecule has 1 aliphatic rings. The number of hydrogen-bond donors (Lipinski definition) is 2. The van der Waals surface area contributed by atoms with Gasteiger partial charge in [0, 0.05) is 12.1 Å². The van der Waals surface area contributed by atoms with Crippen molar-refractivity contribution in [2.24, 2.45) is 5.73 Å². The van der Waals surface area contributed by atoms with Gasteiger partial charge >= 0.3 is 6.18 Å². The van der Waals surface area contributed by atoms with E-state index in [0.29, 0.717) is 12.8 Å². The van der Waals surface area contributed by atoms with E-state index in [1.54, 1.807) is 0 Å². The van der Waals surface area contributed by atoms with Crippen LogP contribution in [0.3, 0.4) is 0 Å². The number of alkyl halides is 3. The van der Waals surface area contributed by atoms with E-state index in [0.717, 1.165) is 0 Å². The van der Waals surface area contributed by atoms with Crippen LogP contribution >= 0.6 is 0 Å². The fraction of sp³-hybridized carbons (Fsp3) is 0.875. The van der Waals surface area contributed by atoms with Gasteiger partial charge in [0.05, 0.1) is 0 Å². The molecule has 0 aromatic carbocycles. The molecule has 0 radical (unpaired) electrons. The van der Waals surface area contributed by atoms with Gasteiger partial charge in [-0.25, -0.2) is 0 Å². The minimum absolute atomic E-state index is 0.0120. The maximum Gasteiger partial charge on any atom is 0.411 e. The minimum Gasteiger partial charge on any atom is -0.362 e. The molecule has 3 N–H and O–H groups in total. The van der Waals surface area contributed by atoms with Crippen molar-refractivity contribution in [2.45, 2.75) is 31.1 Å². The van der Waals surface area contributed by atoms with E-state index in [4.69, 9.17) is 5.73 Å². The van der Waals surface area contributed by atoms with Gasteiger partial charge in [0.1, 0.15) is 13.2 Å². The second-order valence-corrected chi connectivity index (χ2v) is 3.60. The maximum absolute atomic E-state index is 11.6. The lowest BCUT2D eigenvalue weighted by molar-refractivity contribution is -0.175. The Morgan fingerprint density at radius 1 is 1.47 bits per heavy atom. The van der Waals surface area contributed by atoms with Gasteiger partial charge in [0.25, 0.3) is 0 Å². The van der Waals surface area contributed by atoms with Crippen molar-refractivity contribution in [1.82, 2.24) is 5.32 Å². The summed E-state index contributed by atoms with van der Waals surface area (Å²) >= 11 is 0. The fourth-order valence-corrected chi connectivity index (χ4v) is 1.31. The van der Waals surface area contributed by atoms with Crippen LogP contribution in [-0.2, 0) is 9.53 Å². The number of amides is 1. The van der Waals surface area contributed by atoms with Gasteiger partial charge in [0.15, 0.2) is 0 Å². The Labute approximate surface area is 84.9 Å². The molecule has 1 amide bonds. The fourth-order valence-electron chi connectivity index (χ4n) is 1.31. The highest BCUT2D eigenvalue weighted by Gasteiger charge is 2.29.